The van der Waals surface area contributed by atoms with Crippen molar-refractivity contribution in [3.8, 4) is 11.5 Å². The maximum Gasteiger partial charge on any atom is 0.328 e. The molecule has 7 heteroatoms. The van der Waals surface area contributed by atoms with E-state index in [1.807, 2.05) is 24.3 Å². The van der Waals surface area contributed by atoms with E-state index in [4.69, 9.17) is 10.2 Å². The third-order valence-corrected chi connectivity index (χ3v) is 3.75. The number of carbonyl (C=O) groups is 2. The lowest BCUT2D eigenvalue weighted by atomic mass is 9.78. The van der Waals surface area contributed by atoms with Crippen LogP contribution in [0.5, 0.6) is 11.5 Å². The van der Waals surface area contributed by atoms with Crippen LogP contribution in [-0.4, -0.2) is 45.6 Å². The summed E-state index contributed by atoms with van der Waals surface area (Å²) in [5.41, 5.74) is 2.10. The Bertz CT molecular complexity index is 722. The van der Waals surface area contributed by atoms with Crippen LogP contribution in [0.2, 0.25) is 0 Å². The van der Waals surface area contributed by atoms with Crippen LogP contribution >= 0.6 is 0 Å². The molecule has 28 heavy (non-hydrogen) atoms. The largest absolute Gasteiger partial charge is 0.508 e. The first-order chi connectivity index (χ1) is 13.1. The predicted molar refractivity (Wildman–Crippen MR) is 104 cm³/mol. The second-order valence-corrected chi connectivity index (χ2v) is 6.34. The van der Waals surface area contributed by atoms with Gasteiger partial charge in [0.2, 0.25) is 0 Å². The van der Waals surface area contributed by atoms with E-state index in [2.05, 4.69) is 18.6 Å². The molecule has 1 aliphatic rings. The summed E-state index contributed by atoms with van der Waals surface area (Å²) in [7, 11) is 0. The van der Waals surface area contributed by atoms with Crippen LogP contribution in [0.25, 0.3) is 0 Å². The maximum absolute atomic E-state index is 9.55. The molecule has 150 valence electrons. The number of benzene rings is 2. The smallest absolute Gasteiger partial charge is 0.328 e. The number of ether oxygens (including phenoxy) is 1. The molecule has 7 nitrogen and oxygen atoms in total. The SMILES string of the molecule is C1CO1.CC(C)(c1ccc(O)cc1)c1ccc(O)cc1.O=C(O)C=CC(=O)O. The first-order valence-electron chi connectivity index (χ1n) is 8.43. The van der Waals surface area contributed by atoms with Gasteiger partial charge in [0.25, 0.3) is 0 Å². The molecule has 1 aliphatic heterocycles. The van der Waals surface area contributed by atoms with Gasteiger partial charge in [-0.25, -0.2) is 9.59 Å². The normalized spacial score (nSPS) is 12.2. The highest BCUT2D eigenvalue weighted by molar-refractivity contribution is 5.89. The molecule has 0 amide bonds. The van der Waals surface area contributed by atoms with Crippen molar-refractivity contribution in [1.82, 2.24) is 0 Å². The van der Waals surface area contributed by atoms with Gasteiger partial charge in [0, 0.05) is 17.6 Å². The predicted octanol–water partition coefficient (Wildman–Crippen LogP) is 3.15. The molecule has 0 spiro atoms. The second-order valence-electron chi connectivity index (χ2n) is 6.34. The molecular formula is C21H24O7. The van der Waals surface area contributed by atoms with Crippen LogP contribution in [0.1, 0.15) is 25.0 Å². The number of aliphatic carboxylic acids is 2. The maximum atomic E-state index is 9.55. The monoisotopic (exact) mass is 388 g/mol. The van der Waals surface area contributed by atoms with Crippen LogP contribution < -0.4 is 0 Å². The van der Waals surface area contributed by atoms with Gasteiger partial charge in [0.1, 0.15) is 11.5 Å². The van der Waals surface area contributed by atoms with Crippen LogP contribution in [0.3, 0.4) is 0 Å². The highest BCUT2D eigenvalue weighted by Gasteiger charge is 2.22. The number of phenolic OH excluding ortho intramolecular Hbond substituents is 2. The minimum absolute atomic E-state index is 0.151. The molecule has 4 N–H and O–H groups in total. The van der Waals surface area contributed by atoms with Gasteiger partial charge in [0.15, 0.2) is 0 Å². The number of hydrogen-bond acceptors (Lipinski definition) is 5. The molecule has 0 atom stereocenters. The summed E-state index contributed by atoms with van der Waals surface area (Å²) in [6.07, 6.45) is 1.12. The van der Waals surface area contributed by atoms with Crippen molar-refractivity contribution in [1.29, 1.82) is 0 Å². The van der Waals surface area contributed by atoms with Gasteiger partial charge >= 0.3 is 11.9 Å². The van der Waals surface area contributed by atoms with E-state index < -0.39 is 11.9 Å². The van der Waals surface area contributed by atoms with Crippen molar-refractivity contribution < 1.29 is 34.8 Å². The van der Waals surface area contributed by atoms with E-state index in [1.165, 1.54) is 0 Å². The number of rotatable bonds is 4. The van der Waals surface area contributed by atoms with Gasteiger partial charge < -0.3 is 25.2 Å². The topological polar surface area (TPSA) is 128 Å². The molecule has 3 rings (SSSR count). The number of carboxylic acids is 2. The minimum Gasteiger partial charge on any atom is -0.508 e. The molecule has 2 aromatic carbocycles. The third-order valence-electron chi connectivity index (χ3n) is 3.75. The van der Waals surface area contributed by atoms with Crippen molar-refractivity contribution in [2.24, 2.45) is 0 Å². The van der Waals surface area contributed by atoms with Crippen LogP contribution in [0.15, 0.2) is 60.7 Å². The summed E-state index contributed by atoms with van der Waals surface area (Å²) in [6.45, 7) is 6.23. The fourth-order valence-electron chi connectivity index (χ4n) is 2.07. The summed E-state index contributed by atoms with van der Waals surface area (Å²) < 4.78 is 4.50. The number of epoxide rings is 1. The Morgan fingerprint density at radius 1 is 0.786 bits per heavy atom. The Balaban J connectivity index is 0.000000295. The average molecular weight is 388 g/mol. The first-order valence-corrected chi connectivity index (χ1v) is 8.43. The van der Waals surface area contributed by atoms with Gasteiger partial charge in [-0.05, 0) is 35.4 Å². The standard InChI is InChI=1S/C15H16O2.C4H4O4.C2H4O/c1-15(2,11-3-7-13(16)8-4-11)12-5-9-14(17)10-6-12;5-3(6)1-2-4(7)8;1-2-3-1/h3-10,16-17H,1-2H3;1-2H,(H,5,6)(H,7,8);1-2H2. The van der Waals surface area contributed by atoms with E-state index in [-0.39, 0.29) is 16.9 Å². The van der Waals surface area contributed by atoms with Crippen LogP contribution in [0, 0.1) is 0 Å². The van der Waals surface area contributed by atoms with Crippen molar-refractivity contribution in [2.45, 2.75) is 19.3 Å². The molecule has 0 bridgehead atoms. The fraction of sp³-hybridized carbons (Fsp3) is 0.238. The lowest BCUT2D eigenvalue weighted by Gasteiger charge is -2.26. The molecule has 1 heterocycles. The Kier molecular flexibility index (Phi) is 8.71. The molecule has 0 unspecified atom stereocenters. The Labute approximate surface area is 163 Å². The molecule has 0 radical (unpaired) electrons. The summed E-state index contributed by atoms with van der Waals surface area (Å²) in [6, 6.07) is 14.4. The Morgan fingerprint density at radius 2 is 1.07 bits per heavy atom. The quantitative estimate of drug-likeness (QED) is 0.468. The molecule has 0 saturated carbocycles. The molecule has 1 saturated heterocycles. The summed E-state index contributed by atoms with van der Waals surface area (Å²) in [5, 5.41) is 34.2. The van der Waals surface area contributed by atoms with Gasteiger partial charge in [-0.15, -0.1) is 0 Å². The zero-order valence-corrected chi connectivity index (χ0v) is 15.7. The third kappa shape index (κ3) is 8.86. The van der Waals surface area contributed by atoms with Crippen molar-refractivity contribution >= 4 is 11.9 Å². The second kappa shape index (κ2) is 10.7. The van der Waals surface area contributed by atoms with Crippen molar-refractivity contribution in [2.75, 3.05) is 13.2 Å². The number of phenols is 2. The first kappa shape index (κ1) is 22.7. The zero-order chi connectivity index (χ0) is 21.2. The van der Waals surface area contributed by atoms with Gasteiger partial charge in [0.05, 0.1) is 13.2 Å². The Hall–Kier alpha value is -3.32. The average Bonchev–Trinajstić information content (AvgIpc) is 3.50. The molecule has 2 aromatic rings. The number of hydrogen-bond donors (Lipinski definition) is 4. The highest BCUT2D eigenvalue weighted by atomic mass is 16.6. The van der Waals surface area contributed by atoms with E-state index in [1.54, 1.807) is 24.3 Å². The lowest BCUT2D eigenvalue weighted by Crippen LogP contribution is -2.18. The van der Waals surface area contributed by atoms with E-state index in [0.29, 0.717) is 12.2 Å². The summed E-state index contributed by atoms with van der Waals surface area (Å²) in [4.78, 5) is 19.1. The minimum atomic E-state index is -1.26. The summed E-state index contributed by atoms with van der Waals surface area (Å²) >= 11 is 0. The van der Waals surface area contributed by atoms with Gasteiger partial charge in [-0.1, -0.05) is 38.1 Å². The lowest BCUT2D eigenvalue weighted by molar-refractivity contribution is -0.134. The van der Waals surface area contributed by atoms with Gasteiger partial charge in [-0.3, -0.25) is 0 Å². The van der Waals surface area contributed by atoms with Crippen LogP contribution in [-0.2, 0) is 19.7 Å². The number of carboxylic acid groups (broad SMARTS) is 2. The molecule has 1 fully saturated rings. The fourth-order valence-corrected chi connectivity index (χ4v) is 2.07. The zero-order valence-electron chi connectivity index (χ0n) is 15.7. The highest BCUT2D eigenvalue weighted by Crippen LogP contribution is 2.32. The van der Waals surface area contributed by atoms with Crippen molar-refractivity contribution in [3.63, 3.8) is 0 Å². The van der Waals surface area contributed by atoms with Crippen molar-refractivity contribution in [3.05, 3.63) is 71.8 Å². The van der Waals surface area contributed by atoms with E-state index >= 15 is 0 Å². The van der Waals surface area contributed by atoms with Crippen LogP contribution in [0.4, 0.5) is 0 Å². The van der Waals surface area contributed by atoms with E-state index in [9.17, 15) is 19.8 Å². The molecule has 0 aromatic heterocycles. The molecule has 0 aliphatic carbocycles. The molecular weight excluding hydrogens is 364 g/mol. The Morgan fingerprint density at radius 3 is 1.29 bits per heavy atom. The number of aromatic hydroxyl groups is 2. The van der Waals surface area contributed by atoms with E-state index in [0.717, 1.165) is 24.3 Å². The van der Waals surface area contributed by atoms with Gasteiger partial charge in [-0.2, -0.15) is 0 Å². The summed E-state index contributed by atoms with van der Waals surface area (Å²) in [5.74, 6) is -1.97.